The van der Waals surface area contributed by atoms with Crippen LogP contribution in [0.5, 0.6) is 11.5 Å². The summed E-state index contributed by atoms with van der Waals surface area (Å²) < 4.78 is 31.6. The highest BCUT2D eigenvalue weighted by Gasteiger charge is 1.97. The van der Waals surface area contributed by atoms with Crippen molar-refractivity contribution in [3.63, 3.8) is 0 Å². The molecule has 0 spiro atoms. The van der Waals surface area contributed by atoms with Crippen LogP contribution in [-0.2, 0) is 20.0 Å². The van der Waals surface area contributed by atoms with Gasteiger partial charge in [-0.3, -0.25) is 18.7 Å². The summed E-state index contributed by atoms with van der Waals surface area (Å²) in [6, 6.07) is 5.70. The predicted octanol–water partition coefficient (Wildman–Crippen LogP) is 0.696. The molecular formula is C12H12O8S. The molecule has 0 atom stereocenters. The van der Waals surface area contributed by atoms with Gasteiger partial charge in [0, 0.05) is 0 Å². The predicted molar refractivity (Wildman–Crippen MR) is 72.2 cm³/mol. The van der Waals surface area contributed by atoms with E-state index in [2.05, 4.69) is 0 Å². The maximum absolute atomic E-state index is 10.3. The molecule has 1 aliphatic carbocycles. The van der Waals surface area contributed by atoms with Gasteiger partial charge in [-0.2, -0.15) is 8.42 Å². The normalized spacial score (nSPS) is 12.9. The zero-order chi connectivity index (χ0) is 16.5. The molecule has 0 saturated carbocycles. The summed E-state index contributed by atoms with van der Waals surface area (Å²) in [5, 5.41) is 17.3. The first-order chi connectivity index (χ1) is 9.58. The Bertz CT molecular complexity index is 573. The SMILES string of the molecule is O=C1C=CC(=O)C=C1.O=S(=O)(O)O.Oc1ccc(O)cc1. The minimum absolute atomic E-state index is 0.121. The van der Waals surface area contributed by atoms with E-state index < -0.39 is 10.4 Å². The third kappa shape index (κ3) is 13.7. The van der Waals surface area contributed by atoms with Crippen molar-refractivity contribution in [1.82, 2.24) is 0 Å². The number of ketones is 2. The average Bonchev–Trinajstić information content (AvgIpc) is 2.35. The molecule has 0 radical (unpaired) electrons. The van der Waals surface area contributed by atoms with Gasteiger partial charge in [0.2, 0.25) is 0 Å². The van der Waals surface area contributed by atoms with Gasteiger partial charge >= 0.3 is 10.4 Å². The molecular weight excluding hydrogens is 304 g/mol. The van der Waals surface area contributed by atoms with E-state index in [9.17, 15) is 9.59 Å². The van der Waals surface area contributed by atoms with Crippen molar-refractivity contribution in [1.29, 1.82) is 0 Å². The molecule has 8 nitrogen and oxygen atoms in total. The van der Waals surface area contributed by atoms with Gasteiger partial charge in [0.05, 0.1) is 0 Å². The van der Waals surface area contributed by atoms with Crippen molar-refractivity contribution >= 4 is 22.0 Å². The average molecular weight is 316 g/mol. The third-order valence-electron chi connectivity index (χ3n) is 1.67. The van der Waals surface area contributed by atoms with Crippen molar-refractivity contribution in [3.05, 3.63) is 48.6 Å². The summed E-state index contributed by atoms with van der Waals surface area (Å²) in [6.07, 6.45) is 5.01. The third-order valence-corrected chi connectivity index (χ3v) is 1.67. The molecule has 1 aromatic rings. The highest BCUT2D eigenvalue weighted by atomic mass is 32.3. The number of phenols is 2. The molecule has 2 rings (SSSR count). The van der Waals surface area contributed by atoms with Crippen molar-refractivity contribution in [2.45, 2.75) is 0 Å². The molecule has 9 heteroatoms. The first-order valence-corrected chi connectivity index (χ1v) is 6.59. The van der Waals surface area contributed by atoms with Crippen molar-refractivity contribution in [3.8, 4) is 11.5 Å². The van der Waals surface area contributed by atoms with Crippen molar-refractivity contribution in [2.24, 2.45) is 0 Å². The second-order valence-corrected chi connectivity index (χ2v) is 4.33. The van der Waals surface area contributed by atoms with Crippen LogP contribution in [0, 0.1) is 0 Å². The van der Waals surface area contributed by atoms with Crippen molar-refractivity contribution in [2.75, 3.05) is 0 Å². The van der Waals surface area contributed by atoms with E-state index in [0.717, 1.165) is 0 Å². The van der Waals surface area contributed by atoms with Gasteiger partial charge in [0.25, 0.3) is 0 Å². The summed E-state index contributed by atoms with van der Waals surface area (Å²) in [5.74, 6) is 0.0970. The lowest BCUT2D eigenvalue weighted by Gasteiger charge is -1.88. The first-order valence-electron chi connectivity index (χ1n) is 5.20. The summed E-state index contributed by atoms with van der Waals surface area (Å²) in [7, 11) is -4.67. The van der Waals surface area contributed by atoms with E-state index in [4.69, 9.17) is 27.7 Å². The molecule has 114 valence electrons. The molecule has 0 aliphatic heterocycles. The number of carbonyl (C=O) groups excluding carboxylic acids is 2. The van der Waals surface area contributed by atoms with Crippen LogP contribution >= 0.6 is 0 Å². The Kier molecular flexibility index (Phi) is 7.61. The standard InChI is InChI=1S/C6H6O2.C6H4O2.H2O4S/c2*7-5-1-2-6(8)4-3-5;1-5(2,3)4/h1-4,7-8H;1-4H;(H2,1,2,3,4). The van der Waals surface area contributed by atoms with E-state index in [0.29, 0.717) is 0 Å². The lowest BCUT2D eigenvalue weighted by Crippen LogP contribution is -1.97. The lowest BCUT2D eigenvalue weighted by atomic mass is 10.2. The van der Waals surface area contributed by atoms with E-state index >= 15 is 0 Å². The Morgan fingerprint density at radius 3 is 1.05 bits per heavy atom. The second kappa shape index (κ2) is 8.64. The van der Waals surface area contributed by atoms with Gasteiger partial charge in [-0.15, -0.1) is 0 Å². The quantitative estimate of drug-likeness (QED) is 0.310. The maximum Gasteiger partial charge on any atom is 0.394 e. The first kappa shape index (κ1) is 18.5. The Balaban J connectivity index is 0.000000296. The minimum Gasteiger partial charge on any atom is -0.508 e. The van der Waals surface area contributed by atoms with Crippen LogP contribution in [0.15, 0.2) is 48.6 Å². The number of rotatable bonds is 0. The summed E-state index contributed by atoms with van der Waals surface area (Å²) >= 11 is 0. The van der Waals surface area contributed by atoms with Crippen LogP contribution in [-0.4, -0.2) is 39.3 Å². The van der Waals surface area contributed by atoms with Gasteiger partial charge in [0.1, 0.15) is 11.5 Å². The van der Waals surface area contributed by atoms with E-state index in [1.165, 1.54) is 48.6 Å². The van der Waals surface area contributed by atoms with Crippen LogP contribution in [0.3, 0.4) is 0 Å². The van der Waals surface area contributed by atoms with E-state index in [-0.39, 0.29) is 23.1 Å². The topological polar surface area (TPSA) is 149 Å². The number of carbonyl (C=O) groups is 2. The molecule has 0 fully saturated rings. The maximum atomic E-state index is 10.3. The minimum atomic E-state index is -4.67. The summed E-state index contributed by atoms with van der Waals surface area (Å²) in [5.41, 5.74) is 0. The molecule has 0 amide bonds. The van der Waals surface area contributed by atoms with Gasteiger partial charge in [-0.1, -0.05) is 0 Å². The zero-order valence-corrected chi connectivity index (χ0v) is 11.3. The Hall–Kier alpha value is -2.49. The second-order valence-electron chi connectivity index (χ2n) is 3.44. The Labute approximate surface area is 120 Å². The lowest BCUT2D eigenvalue weighted by molar-refractivity contribution is -0.113. The summed E-state index contributed by atoms with van der Waals surface area (Å²) in [6.45, 7) is 0. The number of benzene rings is 1. The fraction of sp³-hybridized carbons (Fsp3) is 0. The largest absolute Gasteiger partial charge is 0.508 e. The van der Waals surface area contributed by atoms with Gasteiger partial charge in [-0.25, -0.2) is 0 Å². The van der Waals surface area contributed by atoms with Gasteiger partial charge < -0.3 is 10.2 Å². The fourth-order valence-corrected chi connectivity index (χ4v) is 0.892. The number of allylic oxidation sites excluding steroid dienone is 4. The fourth-order valence-electron chi connectivity index (χ4n) is 0.892. The zero-order valence-electron chi connectivity index (χ0n) is 10.4. The van der Waals surface area contributed by atoms with Crippen LogP contribution in [0.2, 0.25) is 0 Å². The monoisotopic (exact) mass is 316 g/mol. The molecule has 0 bridgehead atoms. The summed E-state index contributed by atoms with van der Waals surface area (Å²) in [4.78, 5) is 20.6. The highest BCUT2D eigenvalue weighted by molar-refractivity contribution is 7.79. The number of hydrogen-bond acceptors (Lipinski definition) is 6. The van der Waals surface area contributed by atoms with Crippen LogP contribution in [0.4, 0.5) is 0 Å². The molecule has 0 unspecified atom stereocenters. The number of phenolic OH excluding ortho intramolecular Hbond substituents is 2. The molecule has 1 aliphatic rings. The number of hydrogen-bond donors (Lipinski definition) is 4. The molecule has 1 aromatic carbocycles. The molecule has 0 heterocycles. The van der Waals surface area contributed by atoms with Gasteiger partial charge in [0.15, 0.2) is 11.6 Å². The smallest absolute Gasteiger partial charge is 0.394 e. The number of aromatic hydroxyl groups is 2. The van der Waals surface area contributed by atoms with Crippen molar-refractivity contribution < 1.29 is 37.3 Å². The molecule has 21 heavy (non-hydrogen) atoms. The van der Waals surface area contributed by atoms with Crippen LogP contribution < -0.4 is 0 Å². The molecule has 4 N–H and O–H groups in total. The van der Waals surface area contributed by atoms with Gasteiger partial charge in [-0.05, 0) is 48.6 Å². The molecule has 0 saturated heterocycles. The highest BCUT2D eigenvalue weighted by Crippen LogP contribution is 2.13. The Morgan fingerprint density at radius 2 is 0.857 bits per heavy atom. The molecule has 0 aromatic heterocycles. The van der Waals surface area contributed by atoms with Crippen LogP contribution in [0.25, 0.3) is 0 Å². The van der Waals surface area contributed by atoms with E-state index in [1.54, 1.807) is 0 Å². The van der Waals surface area contributed by atoms with Crippen LogP contribution in [0.1, 0.15) is 0 Å². The van der Waals surface area contributed by atoms with E-state index in [1.807, 2.05) is 0 Å². The Morgan fingerprint density at radius 1 is 0.667 bits per heavy atom.